The maximum absolute atomic E-state index is 11.1. The van der Waals surface area contributed by atoms with Crippen molar-refractivity contribution >= 4 is 20.0 Å². The maximum atomic E-state index is 11.1. The van der Waals surface area contributed by atoms with Gasteiger partial charge in [0.15, 0.2) is 0 Å². The summed E-state index contributed by atoms with van der Waals surface area (Å²) in [6, 6.07) is 0. The van der Waals surface area contributed by atoms with Gasteiger partial charge in [0.2, 0.25) is 0 Å². The number of aliphatic hydroxyl groups excluding tert-OH is 1. The van der Waals surface area contributed by atoms with Gasteiger partial charge in [-0.25, -0.2) is 16.8 Å². The molecular weight excluding hydrogens is 291 g/mol. The van der Waals surface area contributed by atoms with Crippen LogP contribution in [-0.4, -0.2) is 43.9 Å². The topological polar surface area (TPSA) is 112 Å². The van der Waals surface area contributed by atoms with Crippen molar-refractivity contribution in [1.82, 2.24) is 0 Å². The van der Waals surface area contributed by atoms with Crippen LogP contribution in [0.4, 0.5) is 0 Å². The first-order chi connectivity index (χ1) is 7.59. The Kier molecular flexibility index (Phi) is 7.33. The third-order valence-electron chi connectivity index (χ3n) is 3.13. The van der Waals surface area contributed by atoms with E-state index in [2.05, 4.69) is 0 Å². The molecule has 1 fully saturated rings. The van der Waals surface area contributed by atoms with Gasteiger partial charge in [-0.05, 0) is 37.5 Å². The van der Waals surface area contributed by atoms with Gasteiger partial charge in [0.1, 0.15) is 25.4 Å². The summed E-state index contributed by atoms with van der Waals surface area (Å²) in [6.07, 6.45) is 2.98. The summed E-state index contributed by atoms with van der Waals surface area (Å²) < 4.78 is 54.1. The molecule has 9 heteroatoms. The second kappa shape index (κ2) is 7.01. The van der Waals surface area contributed by atoms with Gasteiger partial charge in [-0.15, -0.1) is 0 Å². The zero-order valence-corrected chi connectivity index (χ0v) is 14.2. The molecule has 1 saturated carbocycles. The van der Waals surface area contributed by atoms with Crippen molar-refractivity contribution in [3.05, 3.63) is 0 Å². The predicted octanol–water partition coefficient (Wildman–Crippen LogP) is -3.29. The van der Waals surface area contributed by atoms with Crippen molar-refractivity contribution in [3.63, 3.8) is 0 Å². The van der Waals surface area contributed by atoms with Crippen molar-refractivity contribution in [3.8, 4) is 0 Å². The van der Waals surface area contributed by atoms with Gasteiger partial charge in [-0.3, -0.25) is 0 Å². The summed E-state index contributed by atoms with van der Waals surface area (Å²) in [7, 11) is -7.70. The molecule has 1 aliphatic rings. The Hall–Kier alpha value is 0.820. The summed E-state index contributed by atoms with van der Waals surface area (Å²) in [5, 5.41) is 9.31. The van der Waals surface area contributed by atoms with Crippen LogP contribution in [0.25, 0.3) is 0 Å². The Bertz CT molecular complexity index is 449. The fourth-order valence-electron chi connectivity index (χ4n) is 2.30. The Morgan fingerprint density at radius 1 is 1.17 bits per heavy atom. The second-order valence-corrected chi connectivity index (χ2v) is 8.41. The third-order valence-corrected chi connectivity index (χ3v) is 5.18. The standard InChI is InChI=1S/C9H18O6S2.Na/c1-16(11,12)6-7-2-4-8(5-3-7)9(10)17(13,14)15;/h7-10H,2-6H2,1H3,(H,13,14,15);/q;+1/p-1. The van der Waals surface area contributed by atoms with E-state index in [4.69, 9.17) is 0 Å². The van der Waals surface area contributed by atoms with Crippen molar-refractivity contribution in [2.75, 3.05) is 12.0 Å². The Morgan fingerprint density at radius 2 is 1.61 bits per heavy atom. The molecule has 0 amide bonds. The molecule has 1 rings (SSSR count). The van der Waals surface area contributed by atoms with E-state index in [9.17, 15) is 26.5 Å². The van der Waals surface area contributed by atoms with E-state index in [1.54, 1.807) is 0 Å². The minimum absolute atomic E-state index is 0. The number of hydrogen-bond donors (Lipinski definition) is 1. The molecule has 0 spiro atoms. The van der Waals surface area contributed by atoms with Crippen LogP contribution < -0.4 is 29.6 Å². The molecule has 1 atom stereocenters. The molecule has 0 aromatic heterocycles. The Balaban J connectivity index is 0.00000289. The SMILES string of the molecule is CS(=O)(=O)CC1CCC(C(O)S(=O)(=O)[O-])CC1.[Na+]. The van der Waals surface area contributed by atoms with Crippen LogP contribution in [0.1, 0.15) is 25.7 Å². The second-order valence-electron chi connectivity index (χ2n) is 4.76. The molecule has 102 valence electrons. The normalized spacial score (nSPS) is 27.3. The van der Waals surface area contributed by atoms with E-state index in [0.29, 0.717) is 25.7 Å². The molecule has 1 unspecified atom stereocenters. The van der Waals surface area contributed by atoms with Crippen LogP contribution in [0.2, 0.25) is 0 Å². The largest absolute Gasteiger partial charge is 1.00 e. The molecule has 0 aliphatic heterocycles. The van der Waals surface area contributed by atoms with Crippen LogP contribution in [0.5, 0.6) is 0 Å². The number of aliphatic hydroxyl groups is 1. The average Bonchev–Trinajstić information content (AvgIpc) is 2.14. The molecular formula is C9H17NaO6S2. The van der Waals surface area contributed by atoms with E-state index in [1.165, 1.54) is 0 Å². The predicted molar refractivity (Wildman–Crippen MR) is 60.9 cm³/mol. The Morgan fingerprint density at radius 3 is 1.94 bits per heavy atom. The van der Waals surface area contributed by atoms with Crippen LogP contribution in [0, 0.1) is 11.8 Å². The average molecular weight is 308 g/mol. The van der Waals surface area contributed by atoms with Crippen molar-refractivity contribution < 1.29 is 56.1 Å². The zero-order valence-electron chi connectivity index (χ0n) is 10.6. The quantitative estimate of drug-likeness (QED) is 0.430. The van der Waals surface area contributed by atoms with E-state index in [1.807, 2.05) is 0 Å². The minimum Gasteiger partial charge on any atom is -0.746 e. The van der Waals surface area contributed by atoms with E-state index in [-0.39, 0.29) is 41.2 Å². The first kappa shape index (κ1) is 18.8. The molecule has 1 N–H and O–H groups in total. The molecule has 18 heavy (non-hydrogen) atoms. The summed E-state index contributed by atoms with van der Waals surface area (Å²) >= 11 is 0. The van der Waals surface area contributed by atoms with Crippen LogP contribution >= 0.6 is 0 Å². The first-order valence-corrected chi connectivity index (χ1v) is 8.93. The smallest absolute Gasteiger partial charge is 0.746 e. The molecule has 0 aromatic rings. The van der Waals surface area contributed by atoms with Gasteiger partial charge in [0.25, 0.3) is 0 Å². The summed E-state index contributed by atoms with van der Waals surface area (Å²) in [5.41, 5.74) is -1.86. The number of rotatable bonds is 4. The van der Waals surface area contributed by atoms with Gasteiger partial charge >= 0.3 is 29.6 Å². The van der Waals surface area contributed by atoms with Crippen molar-refractivity contribution in [2.45, 2.75) is 31.1 Å². The molecule has 0 radical (unpaired) electrons. The first-order valence-electron chi connectivity index (χ1n) is 5.40. The van der Waals surface area contributed by atoms with E-state index in [0.717, 1.165) is 6.26 Å². The number of hydrogen-bond acceptors (Lipinski definition) is 6. The summed E-state index contributed by atoms with van der Waals surface area (Å²) in [4.78, 5) is 0. The van der Waals surface area contributed by atoms with Gasteiger partial charge in [0, 0.05) is 6.26 Å². The fraction of sp³-hybridized carbons (Fsp3) is 1.00. The van der Waals surface area contributed by atoms with E-state index < -0.39 is 31.3 Å². The van der Waals surface area contributed by atoms with Crippen LogP contribution in [-0.2, 0) is 20.0 Å². The maximum Gasteiger partial charge on any atom is 1.00 e. The monoisotopic (exact) mass is 308 g/mol. The Labute approximate surface area is 130 Å². The molecule has 6 nitrogen and oxygen atoms in total. The molecule has 0 heterocycles. The van der Waals surface area contributed by atoms with Crippen molar-refractivity contribution in [2.24, 2.45) is 11.8 Å². The van der Waals surface area contributed by atoms with Gasteiger partial charge in [-0.2, -0.15) is 0 Å². The minimum atomic E-state index is -4.67. The number of sulfone groups is 1. The molecule has 0 aromatic carbocycles. The molecule has 1 aliphatic carbocycles. The summed E-state index contributed by atoms with van der Waals surface area (Å²) in [6.45, 7) is 0. The molecule has 0 saturated heterocycles. The van der Waals surface area contributed by atoms with Crippen LogP contribution in [0.3, 0.4) is 0 Å². The van der Waals surface area contributed by atoms with Gasteiger partial charge in [0.05, 0.1) is 5.75 Å². The zero-order chi connectivity index (χ0) is 13.3. The van der Waals surface area contributed by atoms with Gasteiger partial charge < -0.3 is 9.66 Å². The van der Waals surface area contributed by atoms with Crippen molar-refractivity contribution in [1.29, 1.82) is 0 Å². The van der Waals surface area contributed by atoms with Crippen LogP contribution in [0.15, 0.2) is 0 Å². The molecule has 0 bridgehead atoms. The summed E-state index contributed by atoms with van der Waals surface area (Å²) in [5.74, 6) is -0.476. The van der Waals surface area contributed by atoms with Gasteiger partial charge in [-0.1, -0.05) is 0 Å². The third kappa shape index (κ3) is 6.31. The fourth-order valence-corrected chi connectivity index (χ4v) is 4.24. The van der Waals surface area contributed by atoms with E-state index >= 15 is 0 Å².